The number of ether oxygens (including phenoxy) is 1. The molecule has 2 N–H and O–H groups in total. The second-order valence-electron chi connectivity index (χ2n) is 5.78. The summed E-state index contributed by atoms with van der Waals surface area (Å²) in [4.78, 5) is 2.52. The zero-order chi connectivity index (χ0) is 13.6. The Morgan fingerprint density at radius 2 is 1.78 bits per heavy atom. The first kappa shape index (κ1) is 15.9. The zero-order valence-corrected chi connectivity index (χ0v) is 12.7. The van der Waals surface area contributed by atoms with Crippen molar-refractivity contribution in [3.63, 3.8) is 0 Å². The maximum Gasteiger partial charge on any atom is 0.0468 e. The molecule has 0 aromatic carbocycles. The molecule has 3 heteroatoms. The van der Waals surface area contributed by atoms with Crippen molar-refractivity contribution in [2.75, 3.05) is 26.3 Å². The Morgan fingerprint density at radius 1 is 1.22 bits per heavy atom. The number of likely N-dealkylation sites (N-methyl/N-ethyl adjacent to an activating group) is 1. The Kier molecular flexibility index (Phi) is 6.61. The van der Waals surface area contributed by atoms with Crippen molar-refractivity contribution in [2.45, 2.75) is 65.0 Å². The Bertz CT molecular complexity index is 225. The molecule has 0 spiro atoms. The molecule has 1 aliphatic rings. The molecule has 0 amide bonds. The highest BCUT2D eigenvalue weighted by atomic mass is 16.5. The van der Waals surface area contributed by atoms with E-state index in [0.29, 0.717) is 0 Å². The Balaban J connectivity index is 2.61. The number of hydrogen-bond donors (Lipinski definition) is 1. The third-order valence-corrected chi connectivity index (χ3v) is 4.93. The molecule has 1 heterocycles. The molecule has 0 radical (unpaired) electrons. The summed E-state index contributed by atoms with van der Waals surface area (Å²) in [5.74, 6) is 0.759. The van der Waals surface area contributed by atoms with Crippen LogP contribution in [-0.2, 0) is 4.74 Å². The lowest BCUT2D eigenvalue weighted by molar-refractivity contribution is 0.0394. The maximum atomic E-state index is 6.56. The van der Waals surface area contributed by atoms with Crippen LogP contribution in [0.3, 0.4) is 0 Å². The molecule has 2 unspecified atom stereocenters. The molecule has 18 heavy (non-hydrogen) atoms. The molecule has 1 rings (SSSR count). The lowest BCUT2D eigenvalue weighted by Gasteiger charge is -2.45. The maximum absolute atomic E-state index is 6.56. The smallest absolute Gasteiger partial charge is 0.0468 e. The van der Waals surface area contributed by atoms with Gasteiger partial charge in [0.25, 0.3) is 0 Å². The van der Waals surface area contributed by atoms with Crippen LogP contribution in [0.5, 0.6) is 0 Å². The predicted octanol–water partition coefficient (Wildman–Crippen LogP) is 2.64. The van der Waals surface area contributed by atoms with E-state index in [9.17, 15) is 0 Å². The van der Waals surface area contributed by atoms with Crippen molar-refractivity contribution in [1.29, 1.82) is 0 Å². The minimum absolute atomic E-state index is 0.141. The number of rotatable bonds is 7. The molecular weight excluding hydrogens is 224 g/mol. The highest BCUT2D eigenvalue weighted by molar-refractivity contribution is 4.95. The van der Waals surface area contributed by atoms with E-state index in [1.807, 2.05) is 0 Å². The molecule has 1 fully saturated rings. The molecule has 0 aromatic rings. The average Bonchev–Trinajstić information content (AvgIpc) is 2.40. The van der Waals surface area contributed by atoms with Gasteiger partial charge in [-0.1, -0.05) is 20.8 Å². The SMILES string of the molecule is CCN(CC)C(C)(CC)C(N)CC1CCOCC1. The summed E-state index contributed by atoms with van der Waals surface area (Å²) < 4.78 is 5.43. The van der Waals surface area contributed by atoms with Crippen LogP contribution in [0.25, 0.3) is 0 Å². The van der Waals surface area contributed by atoms with Crippen LogP contribution in [0.1, 0.15) is 53.4 Å². The quantitative estimate of drug-likeness (QED) is 0.761. The largest absolute Gasteiger partial charge is 0.381 e. The normalized spacial score (nSPS) is 23.0. The first-order valence-corrected chi connectivity index (χ1v) is 7.66. The summed E-state index contributed by atoms with van der Waals surface area (Å²) in [5.41, 5.74) is 6.70. The lowest BCUT2D eigenvalue weighted by atomic mass is 9.80. The summed E-state index contributed by atoms with van der Waals surface area (Å²) in [7, 11) is 0. The highest BCUT2D eigenvalue weighted by Gasteiger charge is 2.35. The molecule has 0 bridgehead atoms. The van der Waals surface area contributed by atoms with Crippen LogP contribution >= 0.6 is 0 Å². The molecule has 1 saturated heterocycles. The lowest BCUT2D eigenvalue weighted by Crippen LogP contribution is -2.58. The first-order valence-electron chi connectivity index (χ1n) is 7.66. The van der Waals surface area contributed by atoms with Gasteiger partial charge < -0.3 is 10.5 Å². The second kappa shape index (κ2) is 7.46. The Hall–Kier alpha value is -0.120. The van der Waals surface area contributed by atoms with Crippen LogP contribution in [0.4, 0.5) is 0 Å². The minimum atomic E-state index is 0.141. The number of nitrogens with two attached hydrogens (primary N) is 1. The van der Waals surface area contributed by atoms with Gasteiger partial charge in [0.05, 0.1) is 0 Å². The standard InChI is InChI=1S/C15H32N2O/c1-5-15(4,17(6-2)7-3)14(16)12-13-8-10-18-11-9-13/h13-14H,5-12,16H2,1-4H3. The molecule has 2 atom stereocenters. The van der Waals surface area contributed by atoms with E-state index in [4.69, 9.17) is 10.5 Å². The van der Waals surface area contributed by atoms with Gasteiger partial charge in [0.15, 0.2) is 0 Å². The Morgan fingerprint density at radius 3 is 2.22 bits per heavy atom. The van der Waals surface area contributed by atoms with Gasteiger partial charge in [-0.3, -0.25) is 4.90 Å². The average molecular weight is 256 g/mol. The summed E-state index contributed by atoms with van der Waals surface area (Å²) in [5, 5.41) is 0. The Labute approximate surface area is 113 Å². The molecule has 108 valence electrons. The summed E-state index contributed by atoms with van der Waals surface area (Å²) in [6.07, 6.45) is 4.64. The van der Waals surface area contributed by atoms with Crippen molar-refractivity contribution < 1.29 is 4.74 Å². The van der Waals surface area contributed by atoms with E-state index in [0.717, 1.165) is 45.1 Å². The van der Waals surface area contributed by atoms with Crippen LogP contribution in [0, 0.1) is 5.92 Å². The monoisotopic (exact) mass is 256 g/mol. The van der Waals surface area contributed by atoms with Gasteiger partial charge in [0.2, 0.25) is 0 Å². The van der Waals surface area contributed by atoms with Crippen LogP contribution in [0.2, 0.25) is 0 Å². The fraction of sp³-hybridized carbons (Fsp3) is 1.00. The van der Waals surface area contributed by atoms with Crippen molar-refractivity contribution in [3.8, 4) is 0 Å². The molecule has 0 aromatic heterocycles. The van der Waals surface area contributed by atoms with Crippen LogP contribution in [-0.4, -0.2) is 42.8 Å². The molecule has 0 aliphatic carbocycles. The van der Waals surface area contributed by atoms with E-state index in [2.05, 4.69) is 32.6 Å². The van der Waals surface area contributed by atoms with Gasteiger partial charge in [-0.05, 0) is 51.6 Å². The number of hydrogen-bond acceptors (Lipinski definition) is 3. The fourth-order valence-electron chi connectivity index (χ4n) is 3.26. The predicted molar refractivity (Wildman–Crippen MR) is 77.8 cm³/mol. The van der Waals surface area contributed by atoms with Crippen molar-refractivity contribution in [1.82, 2.24) is 4.90 Å². The highest BCUT2D eigenvalue weighted by Crippen LogP contribution is 2.29. The molecule has 3 nitrogen and oxygen atoms in total. The fourth-order valence-corrected chi connectivity index (χ4v) is 3.26. The van der Waals surface area contributed by atoms with E-state index in [1.165, 1.54) is 12.8 Å². The van der Waals surface area contributed by atoms with E-state index < -0.39 is 0 Å². The van der Waals surface area contributed by atoms with Gasteiger partial charge in [-0.2, -0.15) is 0 Å². The molecular formula is C15H32N2O. The van der Waals surface area contributed by atoms with Crippen LogP contribution < -0.4 is 5.73 Å². The van der Waals surface area contributed by atoms with Crippen LogP contribution in [0.15, 0.2) is 0 Å². The molecule has 0 saturated carbocycles. The van der Waals surface area contributed by atoms with E-state index in [-0.39, 0.29) is 11.6 Å². The second-order valence-corrected chi connectivity index (χ2v) is 5.78. The van der Waals surface area contributed by atoms with Gasteiger partial charge in [0.1, 0.15) is 0 Å². The third-order valence-electron chi connectivity index (χ3n) is 4.93. The van der Waals surface area contributed by atoms with Gasteiger partial charge in [-0.25, -0.2) is 0 Å². The van der Waals surface area contributed by atoms with Crippen molar-refractivity contribution in [3.05, 3.63) is 0 Å². The third kappa shape index (κ3) is 3.69. The van der Waals surface area contributed by atoms with Gasteiger partial charge >= 0.3 is 0 Å². The minimum Gasteiger partial charge on any atom is -0.381 e. The summed E-state index contributed by atoms with van der Waals surface area (Å²) in [6.45, 7) is 13.1. The summed E-state index contributed by atoms with van der Waals surface area (Å²) in [6, 6.07) is 0.269. The van der Waals surface area contributed by atoms with Gasteiger partial charge in [0, 0.05) is 24.8 Å². The topological polar surface area (TPSA) is 38.5 Å². The van der Waals surface area contributed by atoms with E-state index >= 15 is 0 Å². The number of nitrogens with zero attached hydrogens (tertiary/aromatic N) is 1. The first-order chi connectivity index (χ1) is 8.58. The zero-order valence-electron chi connectivity index (χ0n) is 12.7. The van der Waals surface area contributed by atoms with Crippen molar-refractivity contribution in [2.24, 2.45) is 11.7 Å². The van der Waals surface area contributed by atoms with Gasteiger partial charge in [-0.15, -0.1) is 0 Å². The summed E-state index contributed by atoms with van der Waals surface area (Å²) >= 11 is 0. The van der Waals surface area contributed by atoms with Crippen molar-refractivity contribution >= 4 is 0 Å². The molecule has 1 aliphatic heterocycles. The van der Waals surface area contributed by atoms with E-state index in [1.54, 1.807) is 0 Å².